The predicted octanol–water partition coefficient (Wildman–Crippen LogP) is 3.36. The topological polar surface area (TPSA) is 98.4 Å². The lowest BCUT2D eigenvalue weighted by atomic mass is 10.0. The molecule has 186 valence electrons. The minimum absolute atomic E-state index is 0.0755. The molecule has 2 aliphatic rings. The van der Waals surface area contributed by atoms with Gasteiger partial charge in [0.05, 0.1) is 18.2 Å². The number of carbonyl (C=O) groups excluding carboxylic acids is 3. The molecule has 8 nitrogen and oxygen atoms in total. The molecule has 0 radical (unpaired) electrons. The molecular formula is C28H31N5O3. The van der Waals surface area contributed by atoms with E-state index < -0.39 is 12.1 Å². The van der Waals surface area contributed by atoms with Gasteiger partial charge >= 0.3 is 0 Å². The Morgan fingerprint density at radius 2 is 1.92 bits per heavy atom. The summed E-state index contributed by atoms with van der Waals surface area (Å²) in [7, 11) is 0. The third-order valence-corrected chi connectivity index (χ3v) is 7.14. The van der Waals surface area contributed by atoms with Crippen LogP contribution in [0.15, 0.2) is 61.1 Å². The van der Waals surface area contributed by atoms with Crippen LogP contribution in [0.1, 0.15) is 48.2 Å². The fourth-order valence-electron chi connectivity index (χ4n) is 5.28. The lowest BCUT2D eigenvalue weighted by molar-refractivity contribution is -0.143. The van der Waals surface area contributed by atoms with E-state index >= 15 is 0 Å². The zero-order valence-electron chi connectivity index (χ0n) is 20.6. The van der Waals surface area contributed by atoms with Crippen LogP contribution in [0.5, 0.6) is 0 Å². The number of aromatic amines is 1. The molecule has 0 aliphatic carbocycles. The molecule has 36 heavy (non-hydrogen) atoms. The Kier molecular flexibility index (Phi) is 6.59. The van der Waals surface area contributed by atoms with Gasteiger partial charge < -0.3 is 20.1 Å². The first-order valence-corrected chi connectivity index (χ1v) is 12.5. The maximum atomic E-state index is 13.8. The summed E-state index contributed by atoms with van der Waals surface area (Å²) in [6.45, 7) is 5.23. The Morgan fingerprint density at radius 3 is 2.61 bits per heavy atom. The van der Waals surface area contributed by atoms with E-state index in [0.717, 1.165) is 28.8 Å². The summed E-state index contributed by atoms with van der Waals surface area (Å²) in [5, 5.41) is 3.01. The summed E-state index contributed by atoms with van der Waals surface area (Å²) in [4.78, 5) is 50.5. The Bertz CT molecular complexity index is 1250. The number of rotatable bonds is 7. The number of amides is 3. The Balaban J connectivity index is 1.25. The largest absolute Gasteiger partial charge is 0.350 e. The molecule has 3 aromatic rings. The van der Waals surface area contributed by atoms with Crippen LogP contribution < -0.4 is 5.32 Å². The number of nitrogens with one attached hydrogen (secondary N) is 2. The molecule has 2 aromatic carbocycles. The number of likely N-dealkylation sites (tertiary alicyclic amines) is 1. The lowest BCUT2D eigenvalue weighted by Crippen LogP contribution is -2.55. The van der Waals surface area contributed by atoms with Crippen molar-refractivity contribution in [2.24, 2.45) is 5.92 Å². The number of H-pyrrole nitrogens is 1. The Labute approximate surface area is 210 Å². The first kappa shape index (κ1) is 23.8. The normalized spacial score (nSPS) is 18.0. The number of hydrogen-bond acceptors (Lipinski definition) is 4. The standard InChI is InChI=1S/C28H31N5O3/c1-18(2)25(33-16-21-6-3-4-7-22(21)27(33)35)28(36)32-13-5-8-24(32)26(34)30-14-19-9-11-20(12-10-19)23-15-29-17-31-23/h3-4,6-7,9-12,15,17-18,24-25H,5,8,13-14,16H2,1-2H3,(H,29,31)(H,30,34)/t24-,25?/m0/s1. The molecule has 0 spiro atoms. The summed E-state index contributed by atoms with van der Waals surface area (Å²) in [6, 6.07) is 14.3. The van der Waals surface area contributed by atoms with Crippen LogP contribution >= 0.6 is 0 Å². The highest BCUT2D eigenvalue weighted by Gasteiger charge is 2.43. The second-order valence-corrected chi connectivity index (χ2v) is 9.85. The highest BCUT2D eigenvalue weighted by Crippen LogP contribution is 2.30. The van der Waals surface area contributed by atoms with Gasteiger partial charge in [-0.2, -0.15) is 0 Å². The van der Waals surface area contributed by atoms with Gasteiger partial charge in [0.15, 0.2) is 0 Å². The van der Waals surface area contributed by atoms with Crippen LogP contribution in [0.25, 0.3) is 11.3 Å². The molecule has 3 amide bonds. The zero-order chi connectivity index (χ0) is 25.2. The smallest absolute Gasteiger partial charge is 0.255 e. The fraction of sp³-hybridized carbons (Fsp3) is 0.357. The number of carbonyl (C=O) groups is 3. The van der Waals surface area contributed by atoms with Gasteiger partial charge in [-0.1, -0.05) is 56.3 Å². The lowest BCUT2D eigenvalue weighted by Gasteiger charge is -2.35. The number of nitrogens with zero attached hydrogens (tertiary/aromatic N) is 3. The minimum atomic E-state index is -0.603. The van der Waals surface area contributed by atoms with E-state index in [2.05, 4.69) is 15.3 Å². The van der Waals surface area contributed by atoms with Crippen LogP contribution in [0.2, 0.25) is 0 Å². The van der Waals surface area contributed by atoms with Gasteiger partial charge in [-0.3, -0.25) is 14.4 Å². The third-order valence-electron chi connectivity index (χ3n) is 7.14. The van der Waals surface area contributed by atoms with E-state index in [0.29, 0.717) is 31.6 Å². The quantitative estimate of drug-likeness (QED) is 0.536. The molecule has 1 unspecified atom stereocenters. The molecule has 5 rings (SSSR count). The van der Waals surface area contributed by atoms with Crippen molar-refractivity contribution in [2.75, 3.05) is 6.54 Å². The average Bonchev–Trinajstić information content (AvgIpc) is 3.64. The average molecular weight is 486 g/mol. The molecule has 3 heterocycles. The summed E-state index contributed by atoms with van der Waals surface area (Å²) >= 11 is 0. The molecule has 2 aliphatic heterocycles. The van der Waals surface area contributed by atoms with Crippen LogP contribution in [0.3, 0.4) is 0 Å². The number of benzene rings is 2. The van der Waals surface area contributed by atoms with Crippen molar-refractivity contribution in [2.45, 2.75) is 51.9 Å². The molecule has 1 fully saturated rings. The van der Waals surface area contributed by atoms with Crippen molar-refractivity contribution in [3.05, 3.63) is 77.7 Å². The van der Waals surface area contributed by atoms with Gasteiger partial charge in [0, 0.05) is 25.2 Å². The van der Waals surface area contributed by atoms with Crippen molar-refractivity contribution >= 4 is 17.7 Å². The van der Waals surface area contributed by atoms with Crippen molar-refractivity contribution < 1.29 is 14.4 Å². The fourth-order valence-corrected chi connectivity index (χ4v) is 5.28. The van der Waals surface area contributed by atoms with E-state index in [1.807, 2.05) is 62.4 Å². The van der Waals surface area contributed by atoms with Crippen LogP contribution in [0.4, 0.5) is 0 Å². The van der Waals surface area contributed by atoms with Gasteiger partial charge in [-0.25, -0.2) is 4.98 Å². The second-order valence-electron chi connectivity index (χ2n) is 9.85. The Hall–Kier alpha value is -3.94. The number of aromatic nitrogens is 2. The maximum Gasteiger partial charge on any atom is 0.255 e. The van der Waals surface area contributed by atoms with E-state index in [-0.39, 0.29) is 23.6 Å². The van der Waals surface area contributed by atoms with Crippen molar-refractivity contribution in [3.63, 3.8) is 0 Å². The minimum Gasteiger partial charge on any atom is -0.350 e. The highest BCUT2D eigenvalue weighted by molar-refractivity contribution is 6.01. The van der Waals surface area contributed by atoms with Gasteiger partial charge in [0.1, 0.15) is 12.1 Å². The Morgan fingerprint density at radius 1 is 1.14 bits per heavy atom. The molecule has 1 aromatic heterocycles. The molecule has 2 N–H and O–H groups in total. The molecule has 0 saturated carbocycles. The highest BCUT2D eigenvalue weighted by atomic mass is 16.2. The molecule has 2 atom stereocenters. The van der Waals surface area contributed by atoms with E-state index in [1.165, 1.54) is 0 Å². The van der Waals surface area contributed by atoms with Crippen molar-refractivity contribution in [1.82, 2.24) is 25.1 Å². The predicted molar refractivity (Wildman–Crippen MR) is 136 cm³/mol. The summed E-state index contributed by atoms with van der Waals surface area (Å²) in [5.74, 6) is -0.491. The van der Waals surface area contributed by atoms with Crippen LogP contribution in [-0.4, -0.2) is 56.1 Å². The van der Waals surface area contributed by atoms with E-state index in [4.69, 9.17) is 0 Å². The van der Waals surface area contributed by atoms with Gasteiger partial charge in [-0.05, 0) is 41.5 Å². The van der Waals surface area contributed by atoms with Gasteiger partial charge in [0.25, 0.3) is 5.91 Å². The van der Waals surface area contributed by atoms with Crippen molar-refractivity contribution in [1.29, 1.82) is 0 Å². The van der Waals surface area contributed by atoms with Gasteiger partial charge in [-0.15, -0.1) is 0 Å². The molecular weight excluding hydrogens is 454 g/mol. The second kappa shape index (κ2) is 9.97. The summed E-state index contributed by atoms with van der Waals surface area (Å²) in [6.07, 6.45) is 4.79. The number of imidazole rings is 1. The zero-order valence-corrected chi connectivity index (χ0v) is 20.6. The maximum absolute atomic E-state index is 13.8. The molecule has 8 heteroatoms. The van der Waals surface area contributed by atoms with Gasteiger partial charge in [0.2, 0.25) is 11.8 Å². The van der Waals surface area contributed by atoms with Crippen LogP contribution in [-0.2, 0) is 22.7 Å². The first-order chi connectivity index (χ1) is 17.4. The SMILES string of the molecule is CC(C)C(C(=O)N1CCC[C@H]1C(=O)NCc1ccc(-c2cnc[nH]2)cc1)N1Cc2ccccc2C1=O. The van der Waals surface area contributed by atoms with E-state index in [9.17, 15) is 14.4 Å². The number of hydrogen-bond donors (Lipinski definition) is 2. The molecule has 1 saturated heterocycles. The van der Waals surface area contributed by atoms with E-state index in [1.54, 1.807) is 22.3 Å². The summed E-state index contributed by atoms with van der Waals surface area (Å²) in [5.41, 5.74) is 4.53. The molecule has 0 bridgehead atoms. The first-order valence-electron chi connectivity index (χ1n) is 12.5. The summed E-state index contributed by atoms with van der Waals surface area (Å²) < 4.78 is 0. The van der Waals surface area contributed by atoms with Crippen LogP contribution in [0, 0.1) is 5.92 Å². The van der Waals surface area contributed by atoms with Crippen molar-refractivity contribution in [3.8, 4) is 11.3 Å². The monoisotopic (exact) mass is 485 g/mol. The number of fused-ring (bicyclic) bond motifs is 1. The third kappa shape index (κ3) is 4.51.